The van der Waals surface area contributed by atoms with E-state index in [0.29, 0.717) is 12.0 Å². The van der Waals surface area contributed by atoms with Crippen LogP contribution in [0.1, 0.15) is 43.2 Å². The molecule has 2 atom stereocenters. The lowest BCUT2D eigenvalue weighted by molar-refractivity contribution is 0.431. The highest BCUT2D eigenvalue weighted by Gasteiger charge is 2.28. The molecule has 92 valence electrons. The Hall–Kier alpha value is -1.08. The average molecular weight is 229 g/mol. The van der Waals surface area contributed by atoms with Gasteiger partial charge < -0.3 is 5.32 Å². The van der Waals surface area contributed by atoms with Crippen LogP contribution in [0.5, 0.6) is 0 Å². The van der Waals surface area contributed by atoms with Gasteiger partial charge in [-0.15, -0.1) is 6.58 Å². The molecule has 0 heterocycles. The Balaban J connectivity index is 2.12. The van der Waals surface area contributed by atoms with Crippen LogP contribution in [-0.2, 0) is 6.42 Å². The number of hydrogen-bond acceptors (Lipinski definition) is 1. The summed E-state index contributed by atoms with van der Waals surface area (Å²) >= 11 is 0. The Morgan fingerprint density at radius 3 is 3.06 bits per heavy atom. The van der Waals surface area contributed by atoms with E-state index < -0.39 is 0 Å². The van der Waals surface area contributed by atoms with E-state index in [1.165, 1.54) is 19.3 Å². The third-order valence-corrected chi connectivity index (χ3v) is 3.74. The van der Waals surface area contributed by atoms with Crippen molar-refractivity contribution in [2.75, 3.05) is 6.54 Å². The second-order valence-corrected chi connectivity index (χ2v) is 4.93. The standard InChI is InChI=1S/C16H23N/c1-3-7-16(17-12-4-2)15-11-10-13-8-5-6-9-14(13)15/h3,5-6,8-9,15-17H,1,4,7,10-12H2,2H3. The van der Waals surface area contributed by atoms with Crippen LogP contribution < -0.4 is 5.32 Å². The van der Waals surface area contributed by atoms with Gasteiger partial charge in [0.15, 0.2) is 0 Å². The number of aryl methyl sites for hydroxylation is 1. The quantitative estimate of drug-likeness (QED) is 0.734. The van der Waals surface area contributed by atoms with Gasteiger partial charge in [0.05, 0.1) is 0 Å². The van der Waals surface area contributed by atoms with Crippen molar-refractivity contribution >= 4 is 0 Å². The van der Waals surface area contributed by atoms with E-state index >= 15 is 0 Å². The summed E-state index contributed by atoms with van der Waals surface area (Å²) in [6, 6.07) is 9.47. The van der Waals surface area contributed by atoms with E-state index in [1.807, 2.05) is 6.08 Å². The molecule has 0 radical (unpaired) electrons. The molecule has 1 N–H and O–H groups in total. The second kappa shape index (κ2) is 6.02. The molecule has 0 saturated heterocycles. The van der Waals surface area contributed by atoms with E-state index in [9.17, 15) is 0 Å². The zero-order valence-corrected chi connectivity index (χ0v) is 10.8. The Labute approximate surface area is 105 Å². The lowest BCUT2D eigenvalue weighted by atomic mass is 9.91. The van der Waals surface area contributed by atoms with Crippen molar-refractivity contribution in [1.29, 1.82) is 0 Å². The van der Waals surface area contributed by atoms with Gasteiger partial charge in [-0.25, -0.2) is 0 Å². The Morgan fingerprint density at radius 2 is 2.29 bits per heavy atom. The molecular weight excluding hydrogens is 206 g/mol. The van der Waals surface area contributed by atoms with Gasteiger partial charge in [0, 0.05) is 12.0 Å². The maximum Gasteiger partial charge on any atom is 0.0170 e. The van der Waals surface area contributed by atoms with E-state index in [-0.39, 0.29) is 0 Å². The molecule has 2 rings (SSSR count). The van der Waals surface area contributed by atoms with Crippen LogP contribution in [0, 0.1) is 0 Å². The molecule has 0 saturated carbocycles. The van der Waals surface area contributed by atoms with Crippen molar-refractivity contribution in [3.05, 3.63) is 48.0 Å². The Bertz CT molecular complexity index is 370. The number of fused-ring (bicyclic) bond motifs is 1. The third-order valence-electron chi connectivity index (χ3n) is 3.74. The van der Waals surface area contributed by atoms with Crippen molar-refractivity contribution in [3.63, 3.8) is 0 Å². The summed E-state index contributed by atoms with van der Waals surface area (Å²) in [6.07, 6.45) is 6.84. The van der Waals surface area contributed by atoms with Gasteiger partial charge in [-0.2, -0.15) is 0 Å². The van der Waals surface area contributed by atoms with Gasteiger partial charge >= 0.3 is 0 Å². The van der Waals surface area contributed by atoms with Gasteiger partial charge in [0.1, 0.15) is 0 Å². The van der Waals surface area contributed by atoms with E-state index in [1.54, 1.807) is 11.1 Å². The van der Waals surface area contributed by atoms with Crippen LogP contribution in [0.15, 0.2) is 36.9 Å². The van der Waals surface area contributed by atoms with Crippen molar-refractivity contribution in [1.82, 2.24) is 5.32 Å². The first-order valence-corrected chi connectivity index (χ1v) is 6.79. The average Bonchev–Trinajstić information content (AvgIpc) is 2.78. The van der Waals surface area contributed by atoms with Gasteiger partial charge in [-0.1, -0.05) is 37.3 Å². The fourth-order valence-electron chi connectivity index (χ4n) is 2.91. The first kappa shape index (κ1) is 12.4. The SMILES string of the molecule is C=CCC(NCCC)C1CCc2ccccc21. The first-order chi connectivity index (χ1) is 8.36. The molecule has 1 aromatic carbocycles. The zero-order valence-electron chi connectivity index (χ0n) is 10.8. The summed E-state index contributed by atoms with van der Waals surface area (Å²) in [5, 5.41) is 3.68. The van der Waals surface area contributed by atoms with Gasteiger partial charge in [-0.3, -0.25) is 0 Å². The predicted molar refractivity (Wildman–Crippen MR) is 74.4 cm³/mol. The van der Waals surface area contributed by atoms with E-state index in [2.05, 4.69) is 43.1 Å². The molecule has 1 aliphatic carbocycles. The van der Waals surface area contributed by atoms with Crippen molar-refractivity contribution in [2.24, 2.45) is 0 Å². The molecular formula is C16H23N. The molecule has 2 unspecified atom stereocenters. The summed E-state index contributed by atoms with van der Waals surface area (Å²) < 4.78 is 0. The molecule has 0 aromatic heterocycles. The fourth-order valence-corrected chi connectivity index (χ4v) is 2.91. The molecule has 1 aliphatic rings. The van der Waals surface area contributed by atoms with E-state index in [4.69, 9.17) is 0 Å². The minimum absolute atomic E-state index is 0.566. The van der Waals surface area contributed by atoms with Crippen molar-refractivity contribution in [2.45, 2.75) is 44.6 Å². The van der Waals surface area contributed by atoms with Crippen molar-refractivity contribution < 1.29 is 0 Å². The van der Waals surface area contributed by atoms with Crippen LogP contribution >= 0.6 is 0 Å². The Kier molecular flexibility index (Phi) is 4.38. The van der Waals surface area contributed by atoms with E-state index in [0.717, 1.165) is 13.0 Å². The highest BCUT2D eigenvalue weighted by Crippen LogP contribution is 2.36. The third kappa shape index (κ3) is 2.78. The number of rotatable bonds is 6. The second-order valence-electron chi connectivity index (χ2n) is 4.93. The van der Waals surface area contributed by atoms with Crippen LogP contribution in [-0.4, -0.2) is 12.6 Å². The van der Waals surface area contributed by atoms with Crippen LogP contribution in [0.4, 0.5) is 0 Å². The first-order valence-electron chi connectivity index (χ1n) is 6.79. The summed E-state index contributed by atoms with van der Waals surface area (Å²) in [5.41, 5.74) is 3.10. The summed E-state index contributed by atoms with van der Waals surface area (Å²) in [7, 11) is 0. The molecule has 0 spiro atoms. The smallest absolute Gasteiger partial charge is 0.0170 e. The van der Waals surface area contributed by atoms with Gasteiger partial charge in [-0.05, 0) is 43.4 Å². The van der Waals surface area contributed by atoms with Crippen LogP contribution in [0.25, 0.3) is 0 Å². The van der Waals surface area contributed by atoms with Gasteiger partial charge in [0.25, 0.3) is 0 Å². The zero-order chi connectivity index (χ0) is 12.1. The molecule has 0 fully saturated rings. The lowest BCUT2D eigenvalue weighted by Crippen LogP contribution is -2.34. The number of hydrogen-bond donors (Lipinski definition) is 1. The largest absolute Gasteiger partial charge is 0.313 e. The normalized spacial score (nSPS) is 19.9. The van der Waals surface area contributed by atoms with Gasteiger partial charge in [0.2, 0.25) is 0 Å². The summed E-state index contributed by atoms with van der Waals surface area (Å²) in [5.74, 6) is 0.677. The highest BCUT2D eigenvalue weighted by atomic mass is 14.9. The lowest BCUT2D eigenvalue weighted by Gasteiger charge is -2.24. The number of benzene rings is 1. The molecule has 0 aliphatic heterocycles. The minimum atomic E-state index is 0.566. The maximum absolute atomic E-state index is 3.90. The fraction of sp³-hybridized carbons (Fsp3) is 0.500. The predicted octanol–water partition coefficient (Wildman–Crippen LogP) is 3.66. The van der Waals surface area contributed by atoms with Crippen LogP contribution in [0.3, 0.4) is 0 Å². The topological polar surface area (TPSA) is 12.0 Å². The molecule has 1 aromatic rings. The molecule has 1 nitrogen and oxygen atoms in total. The monoisotopic (exact) mass is 229 g/mol. The van der Waals surface area contributed by atoms with Crippen LogP contribution in [0.2, 0.25) is 0 Å². The maximum atomic E-state index is 3.90. The molecule has 0 bridgehead atoms. The van der Waals surface area contributed by atoms with Crippen molar-refractivity contribution in [3.8, 4) is 0 Å². The minimum Gasteiger partial charge on any atom is -0.313 e. The number of nitrogens with one attached hydrogen (secondary N) is 1. The highest BCUT2D eigenvalue weighted by molar-refractivity contribution is 5.36. The Morgan fingerprint density at radius 1 is 1.47 bits per heavy atom. The summed E-state index contributed by atoms with van der Waals surface area (Å²) in [4.78, 5) is 0. The molecule has 0 amide bonds. The molecule has 1 heteroatoms. The summed E-state index contributed by atoms with van der Waals surface area (Å²) in [6.45, 7) is 7.23. The molecule has 17 heavy (non-hydrogen) atoms.